The molecule has 7 heteroatoms. The molecule has 0 bridgehead atoms. The van der Waals surface area contributed by atoms with E-state index in [-0.39, 0.29) is 12.5 Å². The molecule has 3 aromatic rings. The van der Waals surface area contributed by atoms with Gasteiger partial charge in [0, 0.05) is 41.7 Å². The number of fused-ring (bicyclic) bond motifs is 1. The number of aromatic nitrogens is 1. The third-order valence-corrected chi connectivity index (χ3v) is 6.41. The Hall–Kier alpha value is -2.90. The van der Waals surface area contributed by atoms with Crippen LogP contribution >= 0.6 is 11.8 Å². The van der Waals surface area contributed by atoms with E-state index in [0.717, 1.165) is 29.3 Å². The van der Waals surface area contributed by atoms with E-state index in [1.54, 1.807) is 43.7 Å². The maximum atomic E-state index is 13.3. The van der Waals surface area contributed by atoms with Gasteiger partial charge in [0.15, 0.2) is 11.5 Å². The van der Waals surface area contributed by atoms with Crippen molar-refractivity contribution in [1.82, 2.24) is 4.57 Å². The van der Waals surface area contributed by atoms with E-state index in [2.05, 4.69) is 30.5 Å². The van der Waals surface area contributed by atoms with Gasteiger partial charge < -0.3 is 24.0 Å². The fourth-order valence-electron chi connectivity index (χ4n) is 3.75. The summed E-state index contributed by atoms with van der Waals surface area (Å²) in [4.78, 5) is 16.1. The van der Waals surface area contributed by atoms with Crippen molar-refractivity contribution in [2.45, 2.75) is 37.3 Å². The number of nitrogens with zero attached hydrogens (tertiary/aromatic N) is 2. The molecule has 0 fully saturated rings. The molecule has 0 spiro atoms. The summed E-state index contributed by atoms with van der Waals surface area (Å²) in [6.07, 6.45) is 3.07. The van der Waals surface area contributed by atoms with Gasteiger partial charge in [-0.2, -0.15) is 0 Å². The number of amides is 1. The minimum absolute atomic E-state index is 0.0247. The Bertz CT molecular complexity index is 1110. The maximum absolute atomic E-state index is 13.3. The van der Waals surface area contributed by atoms with Crippen LogP contribution in [0, 0.1) is 0 Å². The molecule has 1 amide bonds. The monoisotopic (exact) mass is 466 g/mol. The summed E-state index contributed by atoms with van der Waals surface area (Å²) in [7, 11) is 1.57. The molecule has 1 N–H and O–H groups in total. The zero-order valence-electron chi connectivity index (χ0n) is 19.3. The minimum atomic E-state index is -0.950. The summed E-state index contributed by atoms with van der Waals surface area (Å²) in [5, 5.41) is 9.92. The van der Waals surface area contributed by atoms with Crippen molar-refractivity contribution in [1.29, 1.82) is 0 Å². The third kappa shape index (κ3) is 5.72. The van der Waals surface area contributed by atoms with Gasteiger partial charge in [0.25, 0.3) is 5.91 Å². The Kier molecular flexibility index (Phi) is 7.00. The van der Waals surface area contributed by atoms with Crippen molar-refractivity contribution in [3.63, 3.8) is 0 Å². The second kappa shape index (κ2) is 9.93. The van der Waals surface area contributed by atoms with Gasteiger partial charge in [-0.1, -0.05) is 30.3 Å². The number of rotatable bonds is 9. The molecular weight excluding hydrogens is 436 g/mol. The van der Waals surface area contributed by atoms with E-state index in [0.29, 0.717) is 23.7 Å². The normalized spacial score (nSPS) is 13.7. The van der Waals surface area contributed by atoms with Crippen molar-refractivity contribution >= 4 is 23.4 Å². The number of benzene rings is 2. The predicted molar refractivity (Wildman–Crippen MR) is 132 cm³/mol. The molecule has 4 rings (SSSR count). The Morgan fingerprint density at radius 2 is 1.85 bits per heavy atom. The summed E-state index contributed by atoms with van der Waals surface area (Å²) in [6, 6.07) is 17.9. The maximum Gasteiger partial charge on any atom is 0.274 e. The first kappa shape index (κ1) is 23.3. The third-order valence-electron chi connectivity index (χ3n) is 5.44. The molecule has 0 saturated heterocycles. The van der Waals surface area contributed by atoms with Gasteiger partial charge in [0.2, 0.25) is 0 Å². The highest BCUT2D eigenvalue weighted by atomic mass is 32.2. The highest BCUT2D eigenvalue weighted by Gasteiger charge is 2.27. The molecule has 1 aliphatic heterocycles. The molecule has 6 nitrogen and oxygen atoms in total. The fraction of sp³-hybridized carbons (Fsp3) is 0.346. The minimum Gasteiger partial charge on any atom is -0.493 e. The van der Waals surface area contributed by atoms with E-state index < -0.39 is 5.60 Å². The average Bonchev–Trinajstić information content (AvgIpc) is 3.22. The van der Waals surface area contributed by atoms with Gasteiger partial charge in [-0.3, -0.25) is 4.79 Å². The molecule has 0 radical (unpaired) electrons. The quantitative estimate of drug-likeness (QED) is 0.466. The Morgan fingerprint density at radius 3 is 2.58 bits per heavy atom. The van der Waals surface area contributed by atoms with Crippen LogP contribution in [0.5, 0.6) is 11.5 Å². The number of ether oxygens (including phenoxy) is 2. The first-order chi connectivity index (χ1) is 15.8. The zero-order valence-corrected chi connectivity index (χ0v) is 20.1. The standard InChI is InChI=1S/C26H30N2O4S/c1-26(2,30)18-32-23-10-9-20(15-24(23)31-3)28-13-12-27-17-21(16-22(27)25(28)29)33-14-11-19-7-5-4-6-8-19/h4-10,15-17,30H,11-14,18H2,1-3H3. The molecule has 0 atom stereocenters. The first-order valence-electron chi connectivity index (χ1n) is 11.1. The van der Waals surface area contributed by atoms with Crippen LogP contribution in [-0.2, 0) is 13.0 Å². The number of thioether (sulfide) groups is 1. The highest BCUT2D eigenvalue weighted by molar-refractivity contribution is 7.99. The van der Waals surface area contributed by atoms with E-state index >= 15 is 0 Å². The van der Waals surface area contributed by atoms with Gasteiger partial charge in [-0.25, -0.2) is 0 Å². The largest absolute Gasteiger partial charge is 0.493 e. The average molecular weight is 467 g/mol. The van der Waals surface area contributed by atoms with Gasteiger partial charge in [-0.15, -0.1) is 11.8 Å². The SMILES string of the molecule is COc1cc(N2CCn3cc(SCCc4ccccc4)cc3C2=O)ccc1OCC(C)(C)O. The first-order valence-corrected chi connectivity index (χ1v) is 12.0. The number of aryl methyl sites for hydroxylation is 1. The molecule has 2 aromatic carbocycles. The lowest BCUT2D eigenvalue weighted by Crippen LogP contribution is -2.39. The summed E-state index contributed by atoms with van der Waals surface area (Å²) in [5.74, 6) is 2.01. The second-order valence-electron chi connectivity index (χ2n) is 8.73. The van der Waals surface area contributed by atoms with Crippen molar-refractivity contribution in [2.75, 3.05) is 30.9 Å². The van der Waals surface area contributed by atoms with Gasteiger partial charge >= 0.3 is 0 Å². The molecule has 1 aliphatic rings. The Balaban J connectivity index is 1.44. The molecule has 0 aliphatic carbocycles. The lowest BCUT2D eigenvalue weighted by molar-refractivity contribution is 0.0276. The highest BCUT2D eigenvalue weighted by Crippen LogP contribution is 2.34. The number of methoxy groups -OCH3 is 1. The number of aliphatic hydroxyl groups is 1. The number of carbonyl (C=O) groups excluding carboxylic acids is 1. The van der Waals surface area contributed by atoms with E-state index in [4.69, 9.17) is 9.47 Å². The summed E-state index contributed by atoms with van der Waals surface area (Å²) >= 11 is 1.77. The van der Waals surface area contributed by atoms with E-state index in [1.165, 1.54) is 5.56 Å². The number of carbonyl (C=O) groups is 1. The summed E-state index contributed by atoms with van der Waals surface area (Å²) in [5.41, 5.74) is 1.83. The van der Waals surface area contributed by atoms with Crippen LogP contribution in [0.1, 0.15) is 29.9 Å². The van der Waals surface area contributed by atoms with Gasteiger partial charge in [0.1, 0.15) is 12.3 Å². The van der Waals surface area contributed by atoms with Gasteiger partial charge in [-0.05, 0) is 44.0 Å². The van der Waals surface area contributed by atoms with Gasteiger partial charge in [0.05, 0.1) is 12.7 Å². The lowest BCUT2D eigenvalue weighted by atomic mass is 10.1. The molecule has 2 heterocycles. The van der Waals surface area contributed by atoms with Crippen LogP contribution in [0.15, 0.2) is 65.7 Å². The molecule has 0 unspecified atom stereocenters. The summed E-state index contributed by atoms with van der Waals surface area (Å²) < 4.78 is 13.2. The molecule has 0 saturated carbocycles. The summed E-state index contributed by atoms with van der Waals surface area (Å²) in [6.45, 7) is 4.83. The topological polar surface area (TPSA) is 63.9 Å². The number of hydrogen-bond donors (Lipinski definition) is 1. The Morgan fingerprint density at radius 1 is 1.06 bits per heavy atom. The van der Waals surface area contributed by atoms with Crippen molar-refractivity contribution in [3.8, 4) is 11.5 Å². The van der Waals surface area contributed by atoms with Crippen LogP contribution in [0.2, 0.25) is 0 Å². The van der Waals surface area contributed by atoms with Crippen LogP contribution in [-0.4, -0.2) is 47.2 Å². The van der Waals surface area contributed by atoms with E-state index in [9.17, 15) is 9.90 Å². The lowest BCUT2D eigenvalue weighted by Gasteiger charge is -2.29. The van der Waals surface area contributed by atoms with Crippen LogP contribution in [0.4, 0.5) is 5.69 Å². The van der Waals surface area contributed by atoms with Crippen molar-refractivity contribution < 1.29 is 19.4 Å². The van der Waals surface area contributed by atoms with Crippen molar-refractivity contribution in [3.05, 3.63) is 72.1 Å². The smallest absolute Gasteiger partial charge is 0.274 e. The molecule has 1 aromatic heterocycles. The van der Waals surface area contributed by atoms with Crippen molar-refractivity contribution in [2.24, 2.45) is 0 Å². The molecular formula is C26H30N2O4S. The number of hydrogen-bond acceptors (Lipinski definition) is 5. The second-order valence-corrected chi connectivity index (χ2v) is 9.90. The molecule has 33 heavy (non-hydrogen) atoms. The molecule has 174 valence electrons. The number of anilines is 1. The van der Waals surface area contributed by atoms with E-state index in [1.807, 2.05) is 28.8 Å². The van der Waals surface area contributed by atoms with Crippen LogP contribution < -0.4 is 14.4 Å². The predicted octanol–water partition coefficient (Wildman–Crippen LogP) is 4.64. The zero-order chi connectivity index (χ0) is 23.4. The Labute approximate surface area is 199 Å². The fourth-order valence-corrected chi connectivity index (χ4v) is 4.72. The van der Waals surface area contributed by atoms with Crippen LogP contribution in [0.25, 0.3) is 0 Å². The van der Waals surface area contributed by atoms with Crippen LogP contribution in [0.3, 0.4) is 0 Å².